The molecule has 2 rings (SSSR count). The normalized spacial score (nSPS) is 10.1. The molecule has 2 aromatic rings. The first-order valence-corrected chi connectivity index (χ1v) is 6.09. The average Bonchev–Trinajstić information content (AvgIpc) is 2.41. The third-order valence-corrected chi connectivity index (χ3v) is 2.78. The number of aromatic nitrogens is 2. The summed E-state index contributed by atoms with van der Waals surface area (Å²) in [6, 6.07) is 4.38. The molecule has 2 aromatic heterocycles. The minimum absolute atomic E-state index is 0.0181. The summed E-state index contributed by atoms with van der Waals surface area (Å²) in [5, 5.41) is 13.3. The first kappa shape index (κ1) is 13.9. The molecule has 0 aromatic carbocycles. The van der Waals surface area contributed by atoms with E-state index in [2.05, 4.69) is 31.2 Å². The van der Waals surface area contributed by atoms with E-state index in [1.807, 2.05) is 0 Å². The van der Waals surface area contributed by atoms with Gasteiger partial charge in [0.15, 0.2) is 0 Å². The number of nitro groups is 1. The molecule has 1 amide bonds. The van der Waals surface area contributed by atoms with Crippen LogP contribution in [-0.4, -0.2) is 20.8 Å². The highest BCUT2D eigenvalue weighted by Gasteiger charge is 2.21. The zero-order chi connectivity index (χ0) is 14.7. The Balaban J connectivity index is 2.31. The molecule has 0 spiro atoms. The summed E-state index contributed by atoms with van der Waals surface area (Å²) in [5.74, 6) is -0.395. The lowest BCUT2D eigenvalue weighted by Gasteiger charge is -2.05. The van der Waals surface area contributed by atoms with Gasteiger partial charge >= 0.3 is 0 Å². The van der Waals surface area contributed by atoms with Gasteiger partial charge in [-0.1, -0.05) is 0 Å². The van der Waals surface area contributed by atoms with E-state index >= 15 is 0 Å². The monoisotopic (exact) mass is 337 g/mol. The van der Waals surface area contributed by atoms with Crippen molar-refractivity contribution in [2.24, 2.45) is 0 Å². The number of nitrogen functional groups attached to an aromatic ring is 1. The Hall–Kier alpha value is -2.55. The highest BCUT2D eigenvalue weighted by molar-refractivity contribution is 9.10. The Kier molecular flexibility index (Phi) is 3.89. The summed E-state index contributed by atoms with van der Waals surface area (Å²) in [7, 11) is 0. The Morgan fingerprint density at radius 1 is 1.35 bits per heavy atom. The van der Waals surface area contributed by atoms with E-state index in [4.69, 9.17) is 5.73 Å². The number of halogens is 1. The largest absolute Gasteiger partial charge is 0.384 e. The number of amides is 1. The molecule has 0 atom stereocenters. The predicted octanol–water partition coefficient (Wildman–Crippen LogP) is 1.98. The van der Waals surface area contributed by atoms with Gasteiger partial charge in [0, 0.05) is 10.7 Å². The van der Waals surface area contributed by atoms with E-state index in [1.54, 1.807) is 12.1 Å². The quantitative estimate of drug-likeness (QED) is 0.651. The molecule has 0 aliphatic heterocycles. The molecule has 0 bridgehead atoms. The van der Waals surface area contributed by atoms with E-state index in [-0.39, 0.29) is 17.2 Å². The van der Waals surface area contributed by atoms with Crippen molar-refractivity contribution < 1.29 is 9.72 Å². The van der Waals surface area contributed by atoms with Crippen molar-refractivity contribution >= 4 is 39.2 Å². The minimum atomic E-state index is -0.698. The standard InChI is InChI=1S/C11H8BrN5O3/c12-6-1-2-10(15-4-6)16-11(18)7-3-9(13)14-5-8(7)17(19)20/h1-5H,(H2,13,14)(H,15,16,18). The minimum Gasteiger partial charge on any atom is -0.384 e. The lowest BCUT2D eigenvalue weighted by Crippen LogP contribution is -2.15. The van der Waals surface area contributed by atoms with Crippen molar-refractivity contribution in [3.63, 3.8) is 0 Å². The zero-order valence-corrected chi connectivity index (χ0v) is 11.5. The van der Waals surface area contributed by atoms with E-state index in [0.717, 1.165) is 16.7 Å². The smallest absolute Gasteiger partial charge is 0.300 e. The number of pyridine rings is 2. The first-order valence-electron chi connectivity index (χ1n) is 5.30. The topological polar surface area (TPSA) is 124 Å². The van der Waals surface area contributed by atoms with Crippen LogP contribution in [0.25, 0.3) is 0 Å². The van der Waals surface area contributed by atoms with E-state index < -0.39 is 16.5 Å². The van der Waals surface area contributed by atoms with Crippen LogP contribution in [0.5, 0.6) is 0 Å². The third kappa shape index (κ3) is 3.06. The first-order chi connectivity index (χ1) is 9.47. The molecule has 0 unspecified atom stereocenters. The molecule has 0 radical (unpaired) electrons. The number of anilines is 2. The number of rotatable bonds is 3. The van der Waals surface area contributed by atoms with Gasteiger partial charge in [-0.2, -0.15) is 0 Å². The van der Waals surface area contributed by atoms with Crippen LogP contribution in [0.2, 0.25) is 0 Å². The number of nitrogens with two attached hydrogens (primary N) is 1. The van der Waals surface area contributed by atoms with Crippen LogP contribution in [-0.2, 0) is 0 Å². The Bertz CT molecular complexity index is 674. The molecule has 3 N–H and O–H groups in total. The Morgan fingerprint density at radius 2 is 2.10 bits per heavy atom. The SMILES string of the molecule is Nc1cc(C(=O)Nc2ccc(Br)cn2)c([N+](=O)[O-])cn1. The molecular weight excluding hydrogens is 330 g/mol. The van der Waals surface area contributed by atoms with Gasteiger partial charge < -0.3 is 11.1 Å². The van der Waals surface area contributed by atoms with Crippen LogP contribution in [0, 0.1) is 10.1 Å². The van der Waals surface area contributed by atoms with E-state index in [1.165, 1.54) is 6.20 Å². The van der Waals surface area contributed by atoms with Crippen LogP contribution < -0.4 is 11.1 Å². The van der Waals surface area contributed by atoms with Gasteiger partial charge in [-0.05, 0) is 34.1 Å². The van der Waals surface area contributed by atoms with Gasteiger partial charge in [-0.25, -0.2) is 9.97 Å². The molecular formula is C11H8BrN5O3. The number of carbonyl (C=O) groups excluding carboxylic acids is 1. The van der Waals surface area contributed by atoms with Crippen molar-refractivity contribution in [3.8, 4) is 0 Å². The molecule has 2 heterocycles. The maximum absolute atomic E-state index is 12.0. The van der Waals surface area contributed by atoms with Crippen LogP contribution in [0.1, 0.15) is 10.4 Å². The van der Waals surface area contributed by atoms with E-state index in [9.17, 15) is 14.9 Å². The zero-order valence-electron chi connectivity index (χ0n) is 9.91. The molecule has 0 saturated heterocycles. The molecule has 20 heavy (non-hydrogen) atoms. The van der Waals surface area contributed by atoms with E-state index in [0.29, 0.717) is 0 Å². The second-order valence-electron chi connectivity index (χ2n) is 3.70. The summed E-state index contributed by atoms with van der Waals surface area (Å²) >= 11 is 3.21. The molecule has 8 nitrogen and oxygen atoms in total. The summed E-state index contributed by atoms with van der Waals surface area (Å²) in [5.41, 5.74) is 4.85. The average molecular weight is 338 g/mol. The number of hydrogen-bond donors (Lipinski definition) is 2. The van der Waals surface area contributed by atoms with Gasteiger partial charge in [-0.3, -0.25) is 14.9 Å². The fourth-order valence-electron chi connectivity index (χ4n) is 1.43. The fraction of sp³-hybridized carbons (Fsp3) is 0. The highest BCUT2D eigenvalue weighted by Crippen LogP contribution is 2.20. The van der Waals surface area contributed by atoms with Gasteiger partial charge in [0.2, 0.25) is 0 Å². The number of nitrogens with zero attached hydrogens (tertiary/aromatic N) is 3. The summed E-state index contributed by atoms with van der Waals surface area (Å²) < 4.78 is 0.745. The maximum atomic E-state index is 12.0. The lowest BCUT2D eigenvalue weighted by molar-refractivity contribution is -0.385. The molecule has 0 saturated carbocycles. The van der Waals surface area contributed by atoms with Crippen LogP contribution in [0.4, 0.5) is 17.3 Å². The second kappa shape index (κ2) is 5.61. The molecule has 0 aliphatic rings. The van der Waals surface area contributed by atoms with Crippen molar-refractivity contribution in [2.45, 2.75) is 0 Å². The second-order valence-corrected chi connectivity index (χ2v) is 4.61. The number of hydrogen-bond acceptors (Lipinski definition) is 6. The molecule has 0 aliphatic carbocycles. The molecule has 102 valence electrons. The van der Waals surface area contributed by atoms with Gasteiger partial charge in [-0.15, -0.1) is 0 Å². The van der Waals surface area contributed by atoms with Gasteiger partial charge in [0.1, 0.15) is 23.4 Å². The van der Waals surface area contributed by atoms with Gasteiger partial charge in [0.05, 0.1) is 4.92 Å². The lowest BCUT2D eigenvalue weighted by atomic mass is 10.2. The van der Waals surface area contributed by atoms with Crippen LogP contribution >= 0.6 is 15.9 Å². The predicted molar refractivity (Wildman–Crippen MR) is 75.2 cm³/mol. The Labute approximate surface area is 121 Å². The Morgan fingerprint density at radius 3 is 2.70 bits per heavy atom. The third-order valence-electron chi connectivity index (χ3n) is 2.31. The summed E-state index contributed by atoms with van der Waals surface area (Å²) in [4.78, 5) is 29.7. The highest BCUT2D eigenvalue weighted by atomic mass is 79.9. The van der Waals surface area contributed by atoms with Crippen molar-refractivity contribution in [2.75, 3.05) is 11.1 Å². The summed E-state index contributed by atoms with van der Waals surface area (Å²) in [6.07, 6.45) is 2.43. The fourth-order valence-corrected chi connectivity index (χ4v) is 1.66. The maximum Gasteiger partial charge on any atom is 0.300 e. The van der Waals surface area contributed by atoms with Crippen molar-refractivity contribution in [3.05, 3.63) is 50.7 Å². The summed E-state index contributed by atoms with van der Waals surface area (Å²) in [6.45, 7) is 0. The van der Waals surface area contributed by atoms with Gasteiger partial charge in [0.25, 0.3) is 11.6 Å². The van der Waals surface area contributed by atoms with Crippen LogP contribution in [0.3, 0.4) is 0 Å². The van der Waals surface area contributed by atoms with Crippen molar-refractivity contribution in [1.29, 1.82) is 0 Å². The van der Waals surface area contributed by atoms with Crippen molar-refractivity contribution in [1.82, 2.24) is 9.97 Å². The van der Waals surface area contributed by atoms with Crippen LogP contribution in [0.15, 0.2) is 35.1 Å². The number of carbonyl (C=O) groups is 1. The molecule has 0 fully saturated rings. The number of nitrogens with one attached hydrogen (secondary N) is 1. The molecule has 9 heteroatoms.